The zero-order chi connectivity index (χ0) is 7.47. The molecule has 0 aliphatic heterocycles. The van der Waals surface area contributed by atoms with E-state index >= 15 is 0 Å². The van der Waals surface area contributed by atoms with E-state index < -0.39 is 0 Å². The second kappa shape index (κ2) is 1.84. The van der Waals surface area contributed by atoms with Crippen molar-refractivity contribution >= 4 is 0 Å². The Morgan fingerprint density at radius 3 is 1.45 bits per heavy atom. The molecule has 0 aromatic carbocycles. The van der Waals surface area contributed by atoms with Crippen LogP contribution in [-0.4, -0.2) is 0 Å². The minimum Gasteiger partial charge on any atom is -0.0475 e. The average Bonchev–Trinajstić information content (AvgIpc) is 1.79. The van der Waals surface area contributed by atoms with Crippen LogP contribution in [0.5, 0.6) is 0 Å². The summed E-state index contributed by atoms with van der Waals surface area (Å²) in [5.41, 5.74) is 0.550. The Morgan fingerprint density at radius 2 is 1.18 bits per heavy atom. The van der Waals surface area contributed by atoms with Gasteiger partial charge in [-0.05, 0) is 68.6 Å². The Balaban J connectivity index is 1.94. The fourth-order valence-electron chi connectivity index (χ4n) is 4.29. The molecule has 4 aliphatic rings. The third-order valence-corrected chi connectivity index (χ3v) is 4.17. The van der Waals surface area contributed by atoms with Crippen LogP contribution in [-0.2, 0) is 0 Å². The smallest absolute Gasteiger partial charge is 0.0289 e. The van der Waals surface area contributed by atoms with Gasteiger partial charge < -0.3 is 0 Å². The molecule has 1 radical (unpaired) electrons. The molecule has 11 heavy (non-hydrogen) atoms. The van der Waals surface area contributed by atoms with E-state index in [1.165, 1.54) is 19.3 Å². The van der Waals surface area contributed by atoms with E-state index in [2.05, 4.69) is 6.92 Å². The monoisotopic (exact) mass is 149 g/mol. The second-order valence-corrected chi connectivity index (χ2v) is 5.42. The van der Waals surface area contributed by atoms with Crippen molar-refractivity contribution in [2.45, 2.75) is 38.5 Å². The Bertz CT molecular complexity index is 145. The van der Waals surface area contributed by atoms with Gasteiger partial charge in [-0.3, -0.25) is 0 Å². The second-order valence-electron chi connectivity index (χ2n) is 5.42. The molecule has 61 valence electrons. The summed E-state index contributed by atoms with van der Waals surface area (Å²) >= 11 is 0. The first kappa shape index (κ1) is 6.51. The quantitative estimate of drug-likeness (QED) is 0.496. The van der Waals surface area contributed by atoms with Gasteiger partial charge in [0.2, 0.25) is 0 Å². The summed E-state index contributed by atoms with van der Waals surface area (Å²) in [4.78, 5) is 0. The van der Waals surface area contributed by atoms with Crippen molar-refractivity contribution in [3.8, 4) is 0 Å². The molecule has 0 atom stereocenters. The molecule has 0 unspecified atom stereocenters. The van der Waals surface area contributed by atoms with Gasteiger partial charge in [-0.15, -0.1) is 0 Å². The lowest BCUT2D eigenvalue weighted by Crippen LogP contribution is -2.44. The molecule has 0 aromatic rings. The van der Waals surface area contributed by atoms with Crippen LogP contribution in [0, 0.1) is 30.1 Å². The van der Waals surface area contributed by atoms with Gasteiger partial charge in [0, 0.05) is 0 Å². The predicted octanol–water partition coefficient (Wildman–Crippen LogP) is 3.04. The average molecular weight is 149 g/mol. The highest BCUT2D eigenvalue weighted by Crippen LogP contribution is 2.59. The molecule has 0 heteroatoms. The molecule has 4 aliphatic carbocycles. The topological polar surface area (TPSA) is 0 Å². The van der Waals surface area contributed by atoms with Gasteiger partial charge in [0.05, 0.1) is 0 Å². The Labute approximate surface area is 69.4 Å². The van der Waals surface area contributed by atoms with Crippen molar-refractivity contribution in [2.24, 2.45) is 23.2 Å². The van der Waals surface area contributed by atoms with Crippen molar-refractivity contribution in [3.63, 3.8) is 0 Å². The highest BCUT2D eigenvalue weighted by atomic mass is 14.5. The first-order chi connectivity index (χ1) is 5.23. The maximum Gasteiger partial charge on any atom is -0.0289 e. The maximum atomic E-state index is 4.43. The number of hydrogen-bond donors (Lipinski definition) is 0. The summed E-state index contributed by atoms with van der Waals surface area (Å²) in [7, 11) is 0. The molecular weight excluding hydrogens is 132 g/mol. The zero-order valence-corrected chi connectivity index (χ0v) is 7.18. The summed E-state index contributed by atoms with van der Waals surface area (Å²) in [6, 6.07) is 0. The summed E-state index contributed by atoms with van der Waals surface area (Å²) < 4.78 is 0. The lowest BCUT2D eigenvalue weighted by Gasteiger charge is -2.55. The van der Waals surface area contributed by atoms with Gasteiger partial charge >= 0.3 is 0 Å². The molecule has 0 aromatic heterocycles. The van der Waals surface area contributed by atoms with Gasteiger partial charge in [-0.25, -0.2) is 0 Å². The fourth-order valence-corrected chi connectivity index (χ4v) is 4.29. The Hall–Kier alpha value is 0. The zero-order valence-electron chi connectivity index (χ0n) is 7.18. The van der Waals surface area contributed by atoms with Gasteiger partial charge in [-0.1, -0.05) is 0 Å². The molecular formula is C11H17. The third kappa shape index (κ3) is 0.878. The SMILES string of the molecule is [CH2]C12CC3CC(CC(C3)C1)C2. The lowest BCUT2D eigenvalue weighted by molar-refractivity contribution is -0.0254. The van der Waals surface area contributed by atoms with Crippen LogP contribution >= 0.6 is 0 Å². The van der Waals surface area contributed by atoms with E-state index in [0.717, 1.165) is 17.8 Å². The first-order valence-electron chi connectivity index (χ1n) is 5.09. The Kier molecular flexibility index (Phi) is 1.09. The van der Waals surface area contributed by atoms with Crippen LogP contribution < -0.4 is 0 Å². The largest absolute Gasteiger partial charge is 0.0475 e. The van der Waals surface area contributed by atoms with E-state index in [0.29, 0.717) is 5.41 Å². The summed E-state index contributed by atoms with van der Waals surface area (Å²) in [6.45, 7) is 4.43. The predicted molar refractivity (Wildman–Crippen MR) is 46.0 cm³/mol. The summed E-state index contributed by atoms with van der Waals surface area (Å²) in [6.07, 6.45) is 9.02. The number of hydrogen-bond acceptors (Lipinski definition) is 0. The van der Waals surface area contributed by atoms with E-state index in [9.17, 15) is 0 Å². The van der Waals surface area contributed by atoms with E-state index in [1.54, 1.807) is 19.3 Å². The molecule has 0 heterocycles. The molecule has 4 fully saturated rings. The van der Waals surface area contributed by atoms with Crippen molar-refractivity contribution in [1.29, 1.82) is 0 Å². The van der Waals surface area contributed by atoms with Gasteiger partial charge in [-0.2, -0.15) is 0 Å². The normalized spacial score (nSPS) is 60.3. The lowest BCUT2D eigenvalue weighted by atomic mass is 9.50. The maximum absolute atomic E-state index is 4.43. The van der Waals surface area contributed by atoms with Crippen LogP contribution in [0.4, 0.5) is 0 Å². The third-order valence-electron chi connectivity index (χ3n) is 4.17. The van der Waals surface area contributed by atoms with Crippen molar-refractivity contribution in [1.82, 2.24) is 0 Å². The molecule has 4 saturated carbocycles. The Morgan fingerprint density at radius 1 is 0.818 bits per heavy atom. The van der Waals surface area contributed by atoms with E-state index in [4.69, 9.17) is 0 Å². The van der Waals surface area contributed by atoms with Crippen LogP contribution in [0.15, 0.2) is 0 Å². The molecule has 4 bridgehead atoms. The van der Waals surface area contributed by atoms with Crippen LogP contribution in [0.25, 0.3) is 0 Å². The molecule has 0 nitrogen and oxygen atoms in total. The van der Waals surface area contributed by atoms with Crippen LogP contribution in [0.3, 0.4) is 0 Å². The van der Waals surface area contributed by atoms with Crippen molar-refractivity contribution < 1.29 is 0 Å². The number of rotatable bonds is 0. The van der Waals surface area contributed by atoms with Crippen molar-refractivity contribution in [2.75, 3.05) is 0 Å². The highest BCUT2D eigenvalue weighted by molar-refractivity contribution is 5.02. The molecule has 0 amide bonds. The molecule has 0 spiro atoms. The fraction of sp³-hybridized carbons (Fsp3) is 0.909. The summed E-state index contributed by atoms with van der Waals surface area (Å²) in [5, 5.41) is 0. The minimum atomic E-state index is 0.550. The summed E-state index contributed by atoms with van der Waals surface area (Å²) in [5.74, 6) is 3.25. The standard InChI is InChI=1S/C11H17/c1-11-5-8-2-9(6-11)4-10(3-8)7-11/h8-10H,1-7H2. The molecule has 0 N–H and O–H groups in total. The van der Waals surface area contributed by atoms with Crippen molar-refractivity contribution in [3.05, 3.63) is 6.92 Å². The van der Waals surface area contributed by atoms with Crippen LogP contribution in [0.2, 0.25) is 0 Å². The minimum absolute atomic E-state index is 0.550. The van der Waals surface area contributed by atoms with E-state index in [-0.39, 0.29) is 0 Å². The molecule has 4 rings (SSSR count). The van der Waals surface area contributed by atoms with Gasteiger partial charge in [0.1, 0.15) is 0 Å². The highest BCUT2D eigenvalue weighted by Gasteiger charge is 2.48. The first-order valence-corrected chi connectivity index (χ1v) is 5.09. The van der Waals surface area contributed by atoms with Gasteiger partial charge in [0.15, 0.2) is 0 Å². The van der Waals surface area contributed by atoms with Crippen LogP contribution in [0.1, 0.15) is 38.5 Å². The van der Waals surface area contributed by atoms with Gasteiger partial charge in [0.25, 0.3) is 0 Å². The van der Waals surface area contributed by atoms with E-state index in [1.807, 2.05) is 0 Å². The molecule has 0 saturated heterocycles.